The molecule has 0 atom stereocenters. The Bertz CT molecular complexity index is 413. The summed E-state index contributed by atoms with van der Waals surface area (Å²) in [7, 11) is 0. The molecule has 0 spiro atoms. The predicted octanol–water partition coefficient (Wildman–Crippen LogP) is 1.50. The summed E-state index contributed by atoms with van der Waals surface area (Å²) in [5, 5.41) is 4.06. The lowest BCUT2D eigenvalue weighted by Gasteiger charge is -1.98. The number of fused-ring (bicyclic) bond motifs is 1. The maximum atomic E-state index is 5.63. The zero-order valence-corrected chi connectivity index (χ0v) is 8.04. The van der Waals surface area contributed by atoms with Crippen molar-refractivity contribution in [2.24, 2.45) is 0 Å². The number of anilines is 1. The van der Waals surface area contributed by atoms with Gasteiger partial charge in [0.05, 0.1) is 0 Å². The van der Waals surface area contributed by atoms with Gasteiger partial charge < -0.3 is 4.34 Å². The fraction of sp³-hybridized carbons (Fsp3) is 0. The lowest BCUT2D eigenvalue weighted by Crippen LogP contribution is -1.98. The van der Waals surface area contributed by atoms with E-state index in [-0.39, 0.29) is 5.28 Å². The predicted molar refractivity (Wildman–Crippen MR) is 48.3 cm³/mol. The van der Waals surface area contributed by atoms with Crippen molar-refractivity contribution >= 4 is 39.2 Å². The summed E-state index contributed by atoms with van der Waals surface area (Å²) in [6.45, 7) is 0. The van der Waals surface area contributed by atoms with Gasteiger partial charge in [-0.25, -0.2) is 9.50 Å². The van der Waals surface area contributed by atoms with E-state index in [1.807, 2.05) is 0 Å². The van der Waals surface area contributed by atoms with Crippen LogP contribution >= 0.6 is 27.7 Å². The summed E-state index contributed by atoms with van der Waals surface area (Å²) in [5.74, 6) is 0.542. The van der Waals surface area contributed by atoms with Crippen molar-refractivity contribution in [3.63, 3.8) is 0 Å². The van der Waals surface area contributed by atoms with Crippen LogP contribution in [-0.4, -0.2) is 19.6 Å². The van der Waals surface area contributed by atoms with Crippen molar-refractivity contribution in [1.29, 1.82) is 0 Å². The molecule has 0 aromatic carbocycles. The minimum absolute atomic E-state index is 0.169. The summed E-state index contributed by atoms with van der Waals surface area (Å²) < 4.78 is 4.23. The van der Waals surface area contributed by atoms with Gasteiger partial charge in [-0.1, -0.05) is 0 Å². The van der Waals surface area contributed by atoms with Crippen LogP contribution in [0.4, 0.5) is 5.82 Å². The zero-order valence-electron chi connectivity index (χ0n) is 5.70. The average molecular weight is 248 g/mol. The first-order valence-electron chi connectivity index (χ1n) is 3.05. The quantitative estimate of drug-likeness (QED) is 0.777. The average Bonchev–Trinajstić information content (AvgIpc) is 2.50. The van der Waals surface area contributed by atoms with Gasteiger partial charge in [-0.05, 0) is 11.6 Å². The smallest absolute Gasteiger partial charge is 0.243 e. The van der Waals surface area contributed by atoms with Gasteiger partial charge in [0.15, 0.2) is 11.5 Å². The Morgan fingerprint density at radius 2 is 2.42 bits per heavy atom. The lowest BCUT2D eigenvalue weighted by molar-refractivity contribution is 0.903. The molecule has 0 bridgehead atoms. The third-order valence-corrected chi connectivity index (χ3v) is 1.85. The molecule has 0 aliphatic rings. The molecule has 2 aromatic heterocycles. The largest absolute Gasteiger partial charge is 0.304 e. The molecule has 0 unspecified atom stereocenters. The Balaban J connectivity index is 2.80. The number of imidazole rings is 1. The van der Waals surface area contributed by atoms with Gasteiger partial charge in [0, 0.05) is 28.5 Å². The van der Waals surface area contributed by atoms with Crippen molar-refractivity contribution in [3.8, 4) is 0 Å². The van der Waals surface area contributed by atoms with Crippen LogP contribution in [0.5, 0.6) is 0 Å². The van der Waals surface area contributed by atoms with Crippen LogP contribution in [0.2, 0.25) is 5.28 Å². The number of hydrogen-bond donors (Lipinski definition) is 1. The maximum absolute atomic E-state index is 5.63. The second kappa shape index (κ2) is 2.87. The highest BCUT2D eigenvalue weighted by Gasteiger charge is 2.05. The van der Waals surface area contributed by atoms with E-state index < -0.39 is 0 Å². The summed E-state index contributed by atoms with van der Waals surface area (Å²) in [6.07, 6.45) is 3.31. The van der Waals surface area contributed by atoms with E-state index in [0.29, 0.717) is 11.5 Å². The zero-order chi connectivity index (χ0) is 8.55. The maximum Gasteiger partial charge on any atom is 0.243 e. The fourth-order valence-electron chi connectivity index (χ4n) is 0.864. The standard InChI is InChI=1S/C5H3BrClN5/c6-10-3-4-8-1-2-12(4)11-5(7)9-3/h1-2H,(H,9,10,11). The van der Waals surface area contributed by atoms with Gasteiger partial charge in [-0.15, -0.1) is 5.10 Å². The van der Waals surface area contributed by atoms with E-state index in [4.69, 9.17) is 11.6 Å². The van der Waals surface area contributed by atoms with Crippen molar-refractivity contribution in [2.45, 2.75) is 0 Å². The number of rotatable bonds is 1. The van der Waals surface area contributed by atoms with Gasteiger partial charge in [0.2, 0.25) is 5.28 Å². The van der Waals surface area contributed by atoms with Crippen LogP contribution in [0, 0.1) is 0 Å². The number of aromatic nitrogens is 4. The topological polar surface area (TPSA) is 55.1 Å². The molecule has 62 valence electrons. The SMILES string of the molecule is Clc1nc(NBr)c2nccn2n1. The van der Waals surface area contributed by atoms with Gasteiger partial charge in [0.25, 0.3) is 0 Å². The van der Waals surface area contributed by atoms with Crippen LogP contribution in [0.25, 0.3) is 5.65 Å². The minimum atomic E-state index is 0.169. The lowest BCUT2D eigenvalue weighted by atomic mass is 10.7. The highest BCUT2D eigenvalue weighted by atomic mass is 79.9. The molecule has 2 rings (SSSR count). The molecule has 0 saturated heterocycles. The van der Waals surface area contributed by atoms with Crippen molar-refractivity contribution in [3.05, 3.63) is 17.7 Å². The molecule has 0 aliphatic heterocycles. The third-order valence-electron chi connectivity index (χ3n) is 1.32. The monoisotopic (exact) mass is 247 g/mol. The van der Waals surface area contributed by atoms with E-state index in [2.05, 4.69) is 35.6 Å². The molecule has 0 saturated carbocycles. The Morgan fingerprint density at radius 3 is 3.17 bits per heavy atom. The van der Waals surface area contributed by atoms with Crippen molar-refractivity contribution < 1.29 is 0 Å². The number of halogens is 2. The van der Waals surface area contributed by atoms with Crippen LogP contribution in [0.3, 0.4) is 0 Å². The van der Waals surface area contributed by atoms with E-state index in [1.165, 1.54) is 0 Å². The number of nitrogens with one attached hydrogen (secondary N) is 1. The Kier molecular flexibility index (Phi) is 1.86. The van der Waals surface area contributed by atoms with Crippen molar-refractivity contribution in [2.75, 3.05) is 4.34 Å². The molecule has 2 heterocycles. The highest BCUT2D eigenvalue weighted by molar-refractivity contribution is 9.10. The second-order valence-electron chi connectivity index (χ2n) is 2.02. The summed E-state index contributed by atoms with van der Waals surface area (Å²) in [4.78, 5) is 7.92. The molecule has 5 nitrogen and oxygen atoms in total. The molecule has 0 aliphatic carbocycles. The molecular weight excluding hydrogens is 245 g/mol. The first-order valence-corrected chi connectivity index (χ1v) is 4.22. The van der Waals surface area contributed by atoms with Crippen molar-refractivity contribution in [1.82, 2.24) is 19.6 Å². The molecule has 1 N–H and O–H groups in total. The van der Waals surface area contributed by atoms with Gasteiger partial charge in [0.1, 0.15) is 0 Å². The van der Waals surface area contributed by atoms with Crippen LogP contribution in [0.1, 0.15) is 0 Å². The van der Waals surface area contributed by atoms with E-state index >= 15 is 0 Å². The Labute approximate surface area is 81.1 Å². The van der Waals surface area contributed by atoms with Gasteiger partial charge in [-0.3, -0.25) is 0 Å². The van der Waals surface area contributed by atoms with E-state index in [0.717, 1.165) is 0 Å². The molecular formula is C5H3BrClN5. The normalized spacial score (nSPS) is 10.5. The molecule has 12 heavy (non-hydrogen) atoms. The summed E-state index contributed by atoms with van der Waals surface area (Å²) in [6, 6.07) is 0. The molecule has 7 heteroatoms. The van der Waals surface area contributed by atoms with Gasteiger partial charge >= 0.3 is 0 Å². The fourth-order valence-corrected chi connectivity index (χ4v) is 1.30. The molecule has 0 amide bonds. The molecule has 2 aromatic rings. The minimum Gasteiger partial charge on any atom is -0.304 e. The Hall–Kier alpha value is -0.880. The van der Waals surface area contributed by atoms with Crippen LogP contribution < -0.4 is 4.34 Å². The second-order valence-corrected chi connectivity index (χ2v) is 2.75. The highest BCUT2D eigenvalue weighted by Crippen LogP contribution is 2.14. The molecule has 0 radical (unpaired) electrons. The number of nitrogens with zero attached hydrogens (tertiary/aromatic N) is 4. The third kappa shape index (κ3) is 1.12. The summed E-state index contributed by atoms with van der Waals surface area (Å²) >= 11 is 8.67. The van der Waals surface area contributed by atoms with Crippen LogP contribution in [0.15, 0.2) is 12.4 Å². The first-order chi connectivity index (χ1) is 5.81. The van der Waals surface area contributed by atoms with E-state index in [1.54, 1.807) is 16.9 Å². The summed E-state index contributed by atoms with van der Waals surface area (Å²) in [5.41, 5.74) is 0.622. The van der Waals surface area contributed by atoms with Crippen LogP contribution in [-0.2, 0) is 0 Å². The first kappa shape index (κ1) is 7.75. The molecule has 0 fully saturated rings. The Morgan fingerprint density at radius 1 is 1.58 bits per heavy atom. The van der Waals surface area contributed by atoms with Gasteiger partial charge in [-0.2, -0.15) is 4.98 Å². The van der Waals surface area contributed by atoms with E-state index in [9.17, 15) is 0 Å². The number of hydrogen-bond acceptors (Lipinski definition) is 4.